The molecule has 2 N–H and O–H groups in total. The topological polar surface area (TPSA) is 86.7 Å². The normalized spacial score (nSPS) is 15.2. The summed E-state index contributed by atoms with van der Waals surface area (Å²) < 4.78 is 0. The van der Waals surface area contributed by atoms with Crippen LogP contribution in [0.15, 0.2) is 29.4 Å². The fourth-order valence-corrected chi connectivity index (χ4v) is 2.23. The molecule has 7 nitrogen and oxygen atoms in total. The van der Waals surface area contributed by atoms with Crippen LogP contribution in [0.25, 0.3) is 0 Å². The Hall–Kier alpha value is -1.71. The lowest BCUT2D eigenvalue weighted by Gasteiger charge is -2.25. The van der Waals surface area contributed by atoms with Crippen LogP contribution < -0.4 is 10.6 Å². The zero-order valence-corrected chi connectivity index (χ0v) is 15.4. The lowest BCUT2D eigenvalue weighted by molar-refractivity contribution is -0.147. The van der Waals surface area contributed by atoms with E-state index in [0.717, 1.165) is 5.69 Å². The molecule has 8 heteroatoms. The number of carbonyl (C=O) groups is 2. The molecule has 2 amide bonds. The SMILES string of the molecule is CN=C(NCCN1C(=O)CCCC1=O)NCc1ccccn1.I. The zero-order chi connectivity index (χ0) is 15.8. The molecule has 126 valence electrons. The van der Waals surface area contributed by atoms with Gasteiger partial charge in [-0.25, -0.2) is 0 Å². The number of nitrogens with zero attached hydrogens (tertiary/aromatic N) is 3. The molecule has 0 aliphatic carbocycles. The van der Waals surface area contributed by atoms with E-state index in [0.29, 0.717) is 44.9 Å². The van der Waals surface area contributed by atoms with Crippen molar-refractivity contribution in [2.45, 2.75) is 25.8 Å². The highest BCUT2D eigenvalue weighted by Crippen LogP contribution is 2.11. The van der Waals surface area contributed by atoms with Crippen molar-refractivity contribution in [3.63, 3.8) is 0 Å². The molecular weight excluding hydrogens is 409 g/mol. The second-order valence-corrected chi connectivity index (χ2v) is 4.97. The molecule has 0 aromatic carbocycles. The van der Waals surface area contributed by atoms with Gasteiger partial charge in [0, 0.05) is 39.2 Å². The molecule has 0 bridgehead atoms. The summed E-state index contributed by atoms with van der Waals surface area (Å²) in [5.41, 5.74) is 0.909. The number of rotatable bonds is 5. The Morgan fingerprint density at radius 2 is 2.00 bits per heavy atom. The Kier molecular flexibility index (Phi) is 8.52. The van der Waals surface area contributed by atoms with Crippen LogP contribution in [0.5, 0.6) is 0 Å². The van der Waals surface area contributed by atoms with E-state index in [-0.39, 0.29) is 35.8 Å². The molecule has 0 radical (unpaired) electrons. The van der Waals surface area contributed by atoms with Gasteiger partial charge in [0.25, 0.3) is 0 Å². The van der Waals surface area contributed by atoms with Crippen LogP contribution in [0.1, 0.15) is 25.0 Å². The highest BCUT2D eigenvalue weighted by atomic mass is 127. The lowest BCUT2D eigenvalue weighted by Crippen LogP contribution is -2.46. The summed E-state index contributed by atoms with van der Waals surface area (Å²) in [5.74, 6) is 0.437. The number of hydrogen-bond donors (Lipinski definition) is 2. The van der Waals surface area contributed by atoms with E-state index in [2.05, 4.69) is 20.6 Å². The van der Waals surface area contributed by atoms with Crippen LogP contribution in [0.3, 0.4) is 0 Å². The summed E-state index contributed by atoms with van der Waals surface area (Å²) in [6.07, 6.45) is 3.31. The van der Waals surface area contributed by atoms with E-state index >= 15 is 0 Å². The molecule has 0 unspecified atom stereocenters. The summed E-state index contributed by atoms with van der Waals surface area (Å²) in [4.78, 5) is 33.0. The first-order chi connectivity index (χ1) is 10.7. The average Bonchev–Trinajstić information content (AvgIpc) is 2.54. The minimum absolute atomic E-state index is 0. The van der Waals surface area contributed by atoms with Crippen LogP contribution in [0, 0.1) is 0 Å². The van der Waals surface area contributed by atoms with Crippen LogP contribution >= 0.6 is 24.0 Å². The average molecular weight is 431 g/mol. The number of nitrogens with one attached hydrogen (secondary N) is 2. The third-order valence-corrected chi connectivity index (χ3v) is 3.40. The van der Waals surface area contributed by atoms with Gasteiger partial charge in [0.15, 0.2) is 5.96 Å². The van der Waals surface area contributed by atoms with Gasteiger partial charge >= 0.3 is 0 Å². The Balaban J connectivity index is 0.00000264. The third kappa shape index (κ3) is 6.12. The highest BCUT2D eigenvalue weighted by molar-refractivity contribution is 14.0. The van der Waals surface area contributed by atoms with Gasteiger partial charge in [-0.3, -0.25) is 24.5 Å². The summed E-state index contributed by atoms with van der Waals surface area (Å²) in [6, 6.07) is 5.71. The monoisotopic (exact) mass is 431 g/mol. The first-order valence-electron chi connectivity index (χ1n) is 7.38. The van der Waals surface area contributed by atoms with E-state index < -0.39 is 0 Å². The maximum absolute atomic E-state index is 11.7. The molecule has 2 heterocycles. The minimum atomic E-state index is -0.0884. The van der Waals surface area contributed by atoms with Gasteiger partial charge in [0.2, 0.25) is 11.8 Å². The van der Waals surface area contributed by atoms with E-state index in [1.807, 2.05) is 18.2 Å². The van der Waals surface area contributed by atoms with Crippen molar-refractivity contribution in [2.24, 2.45) is 4.99 Å². The highest BCUT2D eigenvalue weighted by Gasteiger charge is 2.25. The number of carbonyl (C=O) groups excluding carboxylic acids is 2. The van der Waals surface area contributed by atoms with E-state index in [1.165, 1.54) is 4.90 Å². The summed E-state index contributed by atoms with van der Waals surface area (Å²) in [7, 11) is 1.67. The summed E-state index contributed by atoms with van der Waals surface area (Å²) in [6.45, 7) is 1.39. The van der Waals surface area contributed by atoms with Crippen molar-refractivity contribution in [1.82, 2.24) is 20.5 Å². The Morgan fingerprint density at radius 3 is 2.61 bits per heavy atom. The van der Waals surface area contributed by atoms with Gasteiger partial charge in [-0.15, -0.1) is 24.0 Å². The van der Waals surface area contributed by atoms with Crippen molar-refractivity contribution in [1.29, 1.82) is 0 Å². The molecule has 0 atom stereocenters. The number of piperidine rings is 1. The van der Waals surface area contributed by atoms with Gasteiger partial charge < -0.3 is 10.6 Å². The van der Waals surface area contributed by atoms with E-state index in [1.54, 1.807) is 13.2 Å². The number of aliphatic imine (C=N–C) groups is 1. The molecule has 2 rings (SSSR count). The van der Waals surface area contributed by atoms with Gasteiger partial charge in [-0.05, 0) is 18.6 Å². The van der Waals surface area contributed by atoms with E-state index in [9.17, 15) is 9.59 Å². The smallest absolute Gasteiger partial charge is 0.229 e. The molecule has 1 aromatic heterocycles. The number of imide groups is 1. The fraction of sp³-hybridized carbons (Fsp3) is 0.467. The standard InChI is InChI=1S/C15H21N5O2.HI/c1-16-15(19-11-12-5-2-3-8-17-12)18-9-10-20-13(21)6-4-7-14(20)22;/h2-3,5,8H,4,6-7,9-11H2,1H3,(H2,16,18,19);1H. The Bertz CT molecular complexity index is 534. The Labute approximate surface area is 153 Å². The summed E-state index contributed by atoms with van der Waals surface area (Å²) in [5, 5.41) is 6.23. The molecule has 23 heavy (non-hydrogen) atoms. The molecule has 1 saturated heterocycles. The maximum atomic E-state index is 11.7. The van der Waals surface area contributed by atoms with Crippen LogP contribution in [0.2, 0.25) is 0 Å². The molecular formula is C15H22IN5O2. The summed E-state index contributed by atoms with van der Waals surface area (Å²) >= 11 is 0. The molecule has 1 aromatic rings. The van der Waals surface area contributed by atoms with Crippen molar-refractivity contribution in [3.05, 3.63) is 30.1 Å². The third-order valence-electron chi connectivity index (χ3n) is 3.40. The molecule has 1 fully saturated rings. The second kappa shape index (κ2) is 10.1. The van der Waals surface area contributed by atoms with Crippen molar-refractivity contribution in [3.8, 4) is 0 Å². The molecule has 0 spiro atoms. The van der Waals surface area contributed by atoms with Gasteiger partial charge in [-0.2, -0.15) is 0 Å². The minimum Gasteiger partial charge on any atom is -0.355 e. The van der Waals surface area contributed by atoms with Crippen LogP contribution in [-0.4, -0.2) is 47.8 Å². The zero-order valence-electron chi connectivity index (χ0n) is 13.1. The largest absolute Gasteiger partial charge is 0.355 e. The van der Waals surface area contributed by atoms with Gasteiger partial charge in [-0.1, -0.05) is 6.07 Å². The number of halogens is 1. The van der Waals surface area contributed by atoms with Crippen molar-refractivity contribution in [2.75, 3.05) is 20.1 Å². The molecule has 0 saturated carbocycles. The lowest BCUT2D eigenvalue weighted by atomic mass is 10.1. The first kappa shape index (κ1) is 19.3. The predicted molar refractivity (Wildman–Crippen MR) is 98.4 cm³/mol. The van der Waals surface area contributed by atoms with Crippen LogP contribution in [-0.2, 0) is 16.1 Å². The quantitative estimate of drug-likeness (QED) is 0.313. The molecule has 1 aliphatic heterocycles. The maximum Gasteiger partial charge on any atom is 0.229 e. The number of amides is 2. The predicted octanol–water partition coefficient (Wildman–Crippen LogP) is 0.904. The second-order valence-electron chi connectivity index (χ2n) is 4.97. The number of guanidine groups is 1. The van der Waals surface area contributed by atoms with Crippen molar-refractivity contribution < 1.29 is 9.59 Å². The molecule has 1 aliphatic rings. The van der Waals surface area contributed by atoms with E-state index in [4.69, 9.17) is 0 Å². The van der Waals surface area contributed by atoms with Gasteiger partial charge in [0.1, 0.15) is 0 Å². The first-order valence-corrected chi connectivity index (χ1v) is 7.38. The van der Waals surface area contributed by atoms with Crippen LogP contribution in [0.4, 0.5) is 0 Å². The number of likely N-dealkylation sites (tertiary alicyclic amines) is 1. The number of hydrogen-bond acceptors (Lipinski definition) is 4. The fourth-order valence-electron chi connectivity index (χ4n) is 2.23. The number of aromatic nitrogens is 1. The number of pyridine rings is 1. The Morgan fingerprint density at radius 1 is 1.26 bits per heavy atom. The van der Waals surface area contributed by atoms with Gasteiger partial charge in [0.05, 0.1) is 12.2 Å². The van der Waals surface area contributed by atoms with Crippen molar-refractivity contribution >= 4 is 41.8 Å².